The number of ether oxygens (including phenoxy) is 1. The maximum atomic E-state index is 11.0. The quantitative estimate of drug-likeness (QED) is 0.488. The van der Waals surface area contributed by atoms with E-state index in [1.807, 2.05) is 24.3 Å². The van der Waals surface area contributed by atoms with E-state index in [2.05, 4.69) is 39.9 Å². The minimum absolute atomic E-state index is 0.0559. The van der Waals surface area contributed by atoms with Crippen molar-refractivity contribution in [2.45, 2.75) is 25.6 Å². The second-order valence-corrected chi connectivity index (χ2v) is 7.05. The van der Waals surface area contributed by atoms with Crippen molar-refractivity contribution in [2.24, 2.45) is 0 Å². The fourth-order valence-corrected chi connectivity index (χ4v) is 3.94. The van der Waals surface area contributed by atoms with Gasteiger partial charge in [0.2, 0.25) is 0 Å². The van der Waals surface area contributed by atoms with Crippen molar-refractivity contribution >= 4 is 5.69 Å². The van der Waals surface area contributed by atoms with Crippen LogP contribution in [0.5, 0.6) is 5.75 Å². The molecule has 4 rings (SSSR count). The van der Waals surface area contributed by atoms with Crippen LogP contribution in [0.4, 0.5) is 5.69 Å². The van der Waals surface area contributed by atoms with Crippen LogP contribution < -0.4 is 4.74 Å². The molecule has 28 heavy (non-hydrogen) atoms. The first-order valence-electron chi connectivity index (χ1n) is 9.42. The molecule has 0 saturated carbocycles. The topological polar surface area (TPSA) is 60.5 Å². The average Bonchev–Trinajstić information content (AvgIpc) is 3.10. The Kier molecular flexibility index (Phi) is 5.12. The zero-order valence-corrected chi connectivity index (χ0v) is 15.8. The Morgan fingerprint density at radius 2 is 1.82 bits per heavy atom. The minimum atomic E-state index is -0.352. The molecule has 0 amide bonds. The average molecular weight is 377 g/mol. The molecule has 0 fully saturated rings. The number of nitrogens with zero attached hydrogens (tertiary/aromatic N) is 3. The van der Waals surface area contributed by atoms with Gasteiger partial charge < -0.3 is 9.30 Å². The van der Waals surface area contributed by atoms with Crippen LogP contribution in [0.25, 0.3) is 0 Å². The van der Waals surface area contributed by atoms with Gasteiger partial charge in [-0.3, -0.25) is 15.0 Å². The van der Waals surface area contributed by atoms with Crippen LogP contribution in [0, 0.1) is 10.1 Å². The van der Waals surface area contributed by atoms with E-state index in [0.717, 1.165) is 37.4 Å². The summed E-state index contributed by atoms with van der Waals surface area (Å²) in [5, 5.41) is 11.0. The molecular weight excluding hydrogens is 354 g/mol. The van der Waals surface area contributed by atoms with Gasteiger partial charge >= 0.3 is 0 Å². The Morgan fingerprint density at radius 1 is 1.07 bits per heavy atom. The summed E-state index contributed by atoms with van der Waals surface area (Å²) >= 11 is 0. The Balaban J connectivity index is 1.69. The lowest BCUT2D eigenvalue weighted by Gasteiger charge is -2.30. The number of rotatable bonds is 5. The predicted octanol–water partition coefficient (Wildman–Crippen LogP) is 4.40. The number of nitro groups is 1. The SMILES string of the molecule is COc1ccc(CN2CCCn3cccc3C2c2ccc([N+](=O)[O-])cc2)cc1. The maximum absolute atomic E-state index is 11.0. The number of hydrogen-bond donors (Lipinski definition) is 0. The number of non-ortho nitro benzene ring substituents is 1. The number of hydrogen-bond acceptors (Lipinski definition) is 4. The molecule has 2 heterocycles. The van der Waals surface area contributed by atoms with Crippen LogP contribution >= 0.6 is 0 Å². The number of fused-ring (bicyclic) bond motifs is 1. The molecule has 1 aromatic heterocycles. The van der Waals surface area contributed by atoms with E-state index < -0.39 is 0 Å². The van der Waals surface area contributed by atoms with Crippen LogP contribution in [-0.2, 0) is 13.1 Å². The first kappa shape index (κ1) is 18.3. The van der Waals surface area contributed by atoms with Crippen molar-refractivity contribution in [3.63, 3.8) is 0 Å². The first-order valence-corrected chi connectivity index (χ1v) is 9.42. The van der Waals surface area contributed by atoms with Gasteiger partial charge in [0.05, 0.1) is 18.1 Å². The summed E-state index contributed by atoms with van der Waals surface area (Å²) < 4.78 is 7.56. The molecule has 1 aliphatic heterocycles. The first-order chi connectivity index (χ1) is 13.7. The highest BCUT2D eigenvalue weighted by atomic mass is 16.6. The molecule has 0 bridgehead atoms. The van der Waals surface area contributed by atoms with Crippen LogP contribution in [0.2, 0.25) is 0 Å². The van der Waals surface area contributed by atoms with Crippen molar-refractivity contribution < 1.29 is 9.66 Å². The zero-order chi connectivity index (χ0) is 19.5. The highest BCUT2D eigenvalue weighted by molar-refractivity contribution is 5.38. The summed E-state index contributed by atoms with van der Waals surface area (Å²) in [4.78, 5) is 13.1. The Bertz CT molecular complexity index is 948. The van der Waals surface area contributed by atoms with Crippen molar-refractivity contribution in [3.8, 4) is 5.75 Å². The van der Waals surface area contributed by atoms with Crippen LogP contribution in [0.3, 0.4) is 0 Å². The molecule has 6 heteroatoms. The largest absolute Gasteiger partial charge is 0.497 e. The molecule has 6 nitrogen and oxygen atoms in total. The van der Waals surface area contributed by atoms with Gasteiger partial charge in [0.1, 0.15) is 5.75 Å². The molecular formula is C22H23N3O3. The normalized spacial score (nSPS) is 17.0. The van der Waals surface area contributed by atoms with E-state index in [-0.39, 0.29) is 16.7 Å². The molecule has 1 unspecified atom stereocenters. The van der Waals surface area contributed by atoms with E-state index in [1.54, 1.807) is 19.2 Å². The van der Waals surface area contributed by atoms with E-state index in [9.17, 15) is 10.1 Å². The van der Waals surface area contributed by atoms with Gasteiger partial charge in [0, 0.05) is 43.7 Å². The van der Waals surface area contributed by atoms with Gasteiger partial charge in [0.25, 0.3) is 5.69 Å². The third-order valence-corrected chi connectivity index (χ3v) is 5.32. The second kappa shape index (κ2) is 7.86. The molecule has 0 N–H and O–H groups in total. The molecule has 0 saturated heterocycles. The lowest BCUT2D eigenvalue weighted by atomic mass is 10.0. The Morgan fingerprint density at radius 3 is 2.50 bits per heavy atom. The summed E-state index contributed by atoms with van der Waals surface area (Å²) in [6.07, 6.45) is 3.17. The number of nitro benzene ring substituents is 1. The van der Waals surface area contributed by atoms with E-state index in [4.69, 9.17) is 4.74 Å². The van der Waals surface area contributed by atoms with Gasteiger partial charge in [-0.25, -0.2) is 0 Å². The monoisotopic (exact) mass is 377 g/mol. The van der Waals surface area contributed by atoms with Crippen LogP contribution in [0.1, 0.15) is 29.3 Å². The van der Waals surface area contributed by atoms with Gasteiger partial charge in [-0.15, -0.1) is 0 Å². The van der Waals surface area contributed by atoms with Gasteiger partial charge in [-0.2, -0.15) is 0 Å². The summed E-state index contributed by atoms with van der Waals surface area (Å²) in [7, 11) is 1.67. The Labute approximate surface area is 164 Å². The van der Waals surface area contributed by atoms with Crippen molar-refractivity contribution in [1.29, 1.82) is 0 Å². The summed E-state index contributed by atoms with van der Waals surface area (Å²) in [6.45, 7) is 2.73. The minimum Gasteiger partial charge on any atom is -0.497 e. The number of benzene rings is 2. The lowest BCUT2D eigenvalue weighted by molar-refractivity contribution is -0.384. The zero-order valence-electron chi connectivity index (χ0n) is 15.8. The summed E-state index contributed by atoms with van der Waals surface area (Å²) in [5.41, 5.74) is 3.63. The fraction of sp³-hybridized carbons (Fsp3) is 0.273. The van der Waals surface area contributed by atoms with Crippen molar-refractivity contribution in [3.05, 3.63) is 93.8 Å². The standard InChI is InChI=1S/C22H23N3O3/c1-28-20-11-5-17(6-12-20)16-24-15-3-14-23-13-2-4-21(23)22(24)18-7-9-19(10-8-18)25(26)27/h2,4-13,22H,3,14-16H2,1H3. The molecule has 1 atom stereocenters. The van der Waals surface area contributed by atoms with Gasteiger partial charge in [0.15, 0.2) is 0 Å². The number of aryl methyl sites for hydroxylation is 1. The molecule has 1 aliphatic rings. The smallest absolute Gasteiger partial charge is 0.269 e. The van der Waals surface area contributed by atoms with Crippen LogP contribution in [0.15, 0.2) is 66.9 Å². The predicted molar refractivity (Wildman–Crippen MR) is 107 cm³/mol. The van der Waals surface area contributed by atoms with Crippen molar-refractivity contribution in [2.75, 3.05) is 13.7 Å². The summed E-state index contributed by atoms with van der Waals surface area (Å²) in [5.74, 6) is 0.848. The highest BCUT2D eigenvalue weighted by Crippen LogP contribution is 2.34. The summed E-state index contributed by atoms with van der Waals surface area (Å²) in [6, 6.07) is 19.4. The molecule has 3 aromatic rings. The van der Waals surface area contributed by atoms with Crippen molar-refractivity contribution in [1.82, 2.24) is 9.47 Å². The lowest BCUT2D eigenvalue weighted by Crippen LogP contribution is -2.29. The number of methoxy groups -OCH3 is 1. The molecule has 0 aliphatic carbocycles. The molecule has 2 aromatic carbocycles. The molecule has 0 radical (unpaired) electrons. The van der Waals surface area contributed by atoms with E-state index in [1.165, 1.54) is 11.3 Å². The van der Waals surface area contributed by atoms with E-state index in [0.29, 0.717) is 0 Å². The second-order valence-electron chi connectivity index (χ2n) is 7.05. The highest BCUT2D eigenvalue weighted by Gasteiger charge is 2.27. The van der Waals surface area contributed by atoms with Crippen LogP contribution in [-0.4, -0.2) is 28.0 Å². The molecule has 0 spiro atoms. The van der Waals surface area contributed by atoms with Gasteiger partial charge in [-0.1, -0.05) is 24.3 Å². The Hall–Kier alpha value is -3.12. The third kappa shape index (κ3) is 3.64. The van der Waals surface area contributed by atoms with E-state index >= 15 is 0 Å². The maximum Gasteiger partial charge on any atom is 0.269 e. The van der Waals surface area contributed by atoms with Gasteiger partial charge in [-0.05, 0) is 41.8 Å². The third-order valence-electron chi connectivity index (χ3n) is 5.32. The molecule has 144 valence electrons. The fourth-order valence-electron chi connectivity index (χ4n) is 3.94. The number of aromatic nitrogens is 1.